The van der Waals surface area contributed by atoms with E-state index in [4.69, 9.17) is 11.6 Å². The van der Waals surface area contributed by atoms with Crippen molar-refractivity contribution in [2.75, 3.05) is 0 Å². The summed E-state index contributed by atoms with van der Waals surface area (Å²) in [5, 5.41) is 10.3. The van der Waals surface area contributed by atoms with E-state index in [9.17, 15) is 18.3 Å². The maximum absolute atomic E-state index is 13.7. The van der Waals surface area contributed by atoms with Crippen LogP contribution in [0.25, 0.3) is 0 Å². The molecule has 2 aromatic carbocycles. The fraction of sp³-hybridized carbons (Fsp3) is 0.143. The highest BCUT2D eigenvalue weighted by Gasteiger charge is 2.20. The number of alkyl halides is 2. The zero-order chi connectivity index (χ0) is 14.7. The quantitative estimate of drug-likeness (QED) is 0.919. The molecule has 2 rings (SSSR count). The van der Waals surface area contributed by atoms with E-state index in [0.29, 0.717) is 0 Å². The minimum absolute atomic E-state index is 0.0500. The van der Waals surface area contributed by atoms with Crippen molar-refractivity contribution >= 4 is 11.6 Å². The van der Waals surface area contributed by atoms with Crippen LogP contribution in [0, 0.1) is 5.82 Å². The summed E-state index contributed by atoms with van der Waals surface area (Å²) in [5.41, 5.74) is -0.0197. The lowest BCUT2D eigenvalue weighted by Crippen LogP contribution is -2.08. The van der Waals surface area contributed by atoms with Crippen molar-refractivity contribution in [2.45, 2.75) is 12.7 Å². The third-order valence-corrected chi connectivity index (χ3v) is 2.92. The van der Waals surface area contributed by atoms with Crippen molar-refractivity contribution in [3.8, 4) is 5.75 Å². The highest BCUT2D eigenvalue weighted by Crippen LogP contribution is 2.32. The lowest BCUT2D eigenvalue weighted by Gasteiger charge is -2.16. The number of rotatable bonds is 4. The molecule has 0 saturated heterocycles. The summed E-state index contributed by atoms with van der Waals surface area (Å²) in [5.74, 6) is -0.929. The highest BCUT2D eigenvalue weighted by atomic mass is 35.5. The van der Waals surface area contributed by atoms with Gasteiger partial charge in [-0.2, -0.15) is 8.78 Å². The summed E-state index contributed by atoms with van der Waals surface area (Å²) in [4.78, 5) is 0. The van der Waals surface area contributed by atoms with E-state index in [-0.39, 0.29) is 21.9 Å². The third kappa shape index (κ3) is 3.23. The molecular formula is C14H10ClF3O2. The van der Waals surface area contributed by atoms with Gasteiger partial charge in [0.15, 0.2) is 0 Å². The molecule has 2 nitrogen and oxygen atoms in total. The molecule has 1 unspecified atom stereocenters. The summed E-state index contributed by atoms with van der Waals surface area (Å²) in [6.07, 6.45) is -1.43. The molecule has 0 heterocycles. The van der Waals surface area contributed by atoms with Crippen LogP contribution in [0.4, 0.5) is 13.2 Å². The predicted molar refractivity (Wildman–Crippen MR) is 68.5 cm³/mol. The molecule has 6 heteroatoms. The minimum Gasteiger partial charge on any atom is -0.434 e. The average Bonchev–Trinajstić information content (AvgIpc) is 2.38. The fourth-order valence-electron chi connectivity index (χ4n) is 1.80. The van der Waals surface area contributed by atoms with Gasteiger partial charge in [-0.25, -0.2) is 4.39 Å². The van der Waals surface area contributed by atoms with Gasteiger partial charge in [0.2, 0.25) is 0 Å². The Bertz CT molecular complexity index is 605. The largest absolute Gasteiger partial charge is 0.434 e. The number of para-hydroxylation sites is 1. The number of hydrogen-bond acceptors (Lipinski definition) is 2. The Morgan fingerprint density at radius 2 is 1.75 bits per heavy atom. The zero-order valence-electron chi connectivity index (χ0n) is 10.1. The van der Waals surface area contributed by atoms with Gasteiger partial charge in [-0.15, -0.1) is 0 Å². The zero-order valence-corrected chi connectivity index (χ0v) is 10.8. The van der Waals surface area contributed by atoms with Crippen molar-refractivity contribution in [1.82, 2.24) is 0 Å². The minimum atomic E-state index is -3.03. The van der Waals surface area contributed by atoms with E-state index in [0.717, 1.165) is 6.07 Å². The molecular weight excluding hydrogens is 293 g/mol. The topological polar surface area (TPSA) is 29.5 Å². The molecule has 0 spiro atoms. The van der Waals surface area contributed by atoms with Crippen LogP contribution in [0.15, 0.2) is 42.5 Å². The van der Waals surface area contributed by atoms with Gasteiger partial charge in [0.25, 0.3) is 0 Å². The summed E-state index contributed by atoms with van der Waals surface area (Å²) in [6.45, 7) is -3.03. The second kappa shape index (κ2) is 6.15. The van der Waals surface area contributed by atoms with Crippen molar-refractivity contribution in [2.24, 2.45) is 0 Å². The van der Waals surface area contributed by atoms with E-state index in [1.807, 2.05) is 0 Å². The molecule has 0 amide bonds. The van der Waals surface area contributed by atoms with Gasteiger partial charge in [-0.1, -0.05) is 35.9 Å². The van der Waals surface area contributed by atoms with Crippen molar-refractivity contribution < 1.29 is 23.0 Å². The monoisotopic (exact) mass is 302 g/mol. The average molecular weight is 303 g/mol. The first kappa shape index (κ1) is 14.7. The lowest BCUT2D eigenvalue weighted by atomic mass is 10.0. The predicted octanol–water partition coefficient (Wildman–Crippen LogP) is 4.16. The summed E-state index contributed by atoms with van der Waals surface area (Å²) in [6, 6.07) is 9.41. The van der Waals surface area contributed by atoms with Crippen LogP contribution >= 0.6 is 11.6 Å². The van der Waals surface area contributed by atoms with Gasteiger partial charge < -0.3 is 9.84 Å². The molecule has 0 bridgehead atoms. The van der Waals surface area contributed by atoms with Crippen LogP contribution in [0.1, 0.15) is 17.2 Å². The highest BCUT2D eigenvalue weighted by molar-refractivity contribution is 6.30. The number of hydrogen-bond donors (Lipinski definition) is 1. The molecule has 0 aliphatic rings. The van der Waals surface area contributed by atoms with Crippen LogP contribution in [-0.2, 0) is 0 Å². The van der Waals surface area contributed by atoms with Crippen molar-refractivity contribution in [1.29, 1.82) is 0 Å². The normalized spacial score (nSPS) is 12.5. The fourth-order valence-corrected chi connectivity index (χ4v) is 1.96. The molecule has 0 aliphatic carbocycles. The van der Waals surface area contributed by atoms with Gasteiger partial charge in [0.05, 0.1) is 0 Å². The number of ether oxygens (including phenoxy) is 1. The van der Waals surface area contributed by atoms with Crippen LogP contribution in [-0.4, -0.2) is 11.7 Å². The van der Waals surface area contributed by atoms with Crippen LogP contribution in [0.2, 0.25) is 5.02 Å². The number of benzene rings is 2. The van der Waals surface area contributed by atoms with E-state index in [1.165, 1.54) is 36.4 Å². The van der Waals surface area contributed by atoms with Gasteiger partial charge in [-0.05, 0) is 18.2 Å². The van der Waals surface area contributed by atoms with Crippen LogP contribution < -0.4 is 4.74 Å². The van der Waals surface area contributed by atoms with Gasteiger partial charge >= 0.3 is 6.61 Å². The van der Waals surface area contributed by atoms with Gasteiger partial charge in [0, 0.05) is 16.1 Å². The lowest BCUT2D eigenvalue weighted by molar-refractivity contribution is -0.0512. The Balaban J connectivity index is 2.40. The first-order valence-electron chi connectivity index (χ1n) is 5.66. The van der Waals surface area contributed by atoms with Crippen LogP contribution in [0.3, 0.4) is 0 Å². The maximum atomic E-state index is 13.7. The molecule has 0 fully saturated rings. The molecule has 20 heavy (non-hydrogen) atoms. The molecule has 0 radical (unpaired) electrons. The van der Waals surface area contributed by atoms with E-state index in [1.54, 1.807) is 0 Å². The molecule has 0 aromatic heterocycles. The number of aliphatic hydroxyl groups is 1. The molecule has 0 aliphatic heterocycles. The molecule has 1 N–H and O–H groups in total. The smallest absolute Gasteiger partial charge is 0.387 e. The van der Waals surface area contributed by atoms with Gasteiger partial charge in [-0.3, -0.25) is 0 Å². The summed E-state index contributed by atoms with van der Waals surface area (Å²) in [7, 11) is 0. The van der Waals surface area contributed by atoms with E-state index < -0.39 is 18.5 Å². The number of aliphatic hydroxyl groups excluding tert-OH is 1. The Morgan fingerprint density at radius 3 is 2.40 bits per heavy atom. The SMILES string of the molecule is OC(c1ccc(Cl)cc1F)c1ccccc1OC(F)F. The van der Waals surface area contributed by atoms with Crippen LogP contribution in [0.5, 0.6) is 5.75 Å². The van der Waals surface area contributed by atoms with Crippen molar-refractivity contribution in [3.05, 3.63) is 64.4 Å². The van der Waals surface area contributed by atoms with E-state index >= 15 is 0 Å². The maximum Gasteiger partial charge on any atom is 0.387 e. The van der Waals surface area contributed by atoms with Gasteiger partial charge in [0.1, 0.15) is 17.7 Å². The summed E-state index contributed by atoms with van der Waals surface area (Å²) >= 11 is 5.62. The second-order valence-corrected chi connectivity index (χ2v) is 4.42. The third-order valence-electron chi connectivity index (χ3n) is 2.69. The molecule has 106 valence electrons. The first-order chi connectivity index (χ1) is 9.49. The van der Waals surface area contributed by atoms with Crippen molar-refractivity contribution in [3.63, 3.8) is 0 Å². The molecule has 1 atom stereocenters. The Labute approximate surface area is 118 Å². The Morgan fingerprint density at radius 1 is 1.05 bits per heavy atom. The second-order valence-electron chi connectivity index (χ2n) is 3.98. The Hall–Kier alpha value is -1.72. The molecule has 2 aromatic rings. The first-order valence-corrected chi connectivity index (χ1v) is 6.03. The summed E-state index contributed by atoms with van der Waals surface area (Å²) < 4.78 is 42.7. The standard InChI is InChI=1S/C14H10ClF3O2/c15-8-5-6-9(11(16)7-8)13(19)10-3-1-2-4-12(10)20-14(17)18/h1-7,13-14,19H. The molecule has 0 saturated carbocycles. The number of halogens is 4. The Kier molecular flexibility index (Phi) is 4.52. The van der Waals surface area contributed by atoms with E-state index in [2.05, 4.69) is 4.74 Å².